The summed E-state index contributed by atoms with van der Waals surface area (Å²) in [5.41, 5.74) is 0.701. The van der Waals surface area contributed by atoms with E-state index in [1.54, 1.807) is 17.1 Å². The molecule has 80 valence electrons. The van der Waals surface area contributed by atoms with E-state index in [4.69, 9.17) is 0 Å². The van der Waals surface area contributed by atoms with Crippen LogP contribution in [0.25, 0.3) is 0 Å². The molecule has 0 radical (unpaired) electrons. The van der Waals surface area contributed by atoms with Crippen LogP contribution in [0.5, 0.6) is 0 Å². The molecule has 0 aromatic carbocycles. The zero-order valence-corrected chi connectivity index (χ0v) is 8.52. The molecule has 15 heavy (non-hydrogen) atoms. The number of nitrogens with one attached hydrogen (secondary N) is 2. The number of amides is 3. The highest BCUT2D eigenvalue weighted by Crippen LogP contribution is 2.16. The summed E-state index contributed by atoms with van der Waals surface area (Å²) in [6.07, 6.45) is 3.36. The number of hydrogen-bond donors (Lipinski definition) is 2. The van der Waals surface area contributed by atoms with Gasteiger partial charge in [-0.2, -0.15) is 5.10 Å². The number of carbonyl (C=O) groups excluding carboxylic acids is 2. The predicted octanol–water partition coefficient (Wildman–Crippen LogP) is 0.345. The van der Waals surface area contributed by atoms with Crippen molar-refractivity contribution in [2.24, 2.45) is 0 Å². The van der Waals surface area contributed by atoms with E-state index in [2.05, 4.69) is 15.7 Å². The Morgan fingerprint density at radius 2 is 2.20 bits per heavy atom. The van der Waals surface area contributed by atoms with Crippen molar-refractivity contribution in [3.8, 4) is 0 Å². The van der Waals surface area contributed by atoms with Gasteiger partial charge in [0, 0.05) is 17.8 Å². The molecule has 1 aliphatic heterocycles. The van der Waals surface area contributed by atoms with Gasteiger partial charge in [0.05, 0.1) is 6.20 Å². The quantitative estimate of drug-likeness (QED) is 0.688. The van der Waals surface area contributed by atoms with Gasteiger partial charge in [-0.3, -0.25) is 14.8 Å². The molecule has 0 saturated carbocycles. The van der Waals surface area contributed by atoms with E-state index < -0.39 is 12.1 Å². The van der Waals surface area contributed by atoms with Crippen LogP contribution in [0.15, 0.2) is 12.4 Å². The Morgan fingerprint density at radius 1 is 1.47 bits per heavy atom. The largest absolute Gasteiger partial charge is 0.322 e. The SMILES string of the molecule is CC(C)n1cc([C@@H]2NC(=O)NC2=O)cn1. The zero-order valence-electron chi connectivity index (χ0n) is 8.52. The minimum absolute atomic E-state index is 0.235. The second-order valence-corrected chi connectivity index (χ2v) is 3.74. The first kappa shape index (κ1) is 9.70. The molecular weight excluding hydrogens is 196 g/mol. The highest BCUT2D eigenvalue weighted by Gasteiger charge is 2.31. The maximum Gasteiger partial charge on any atom is 0.322 e. The molecule has 6 nitrogen and oxygen atoms in total. The minimum atomic E-state index is -0.606. The summed E-state index contributed by atoms with van der Waals surface area (Å²) >= 11 is 0. The third-order valence-corrected chi connectivity index (χ3v) is 2.26. The summed E-state index contributed by atoms with van der Waals surface area (Å²) in [5, 5.41) is 8.80. The van der Waals surface area contributed by atoms with E-state index in [1.807, 2.05) is 13.8 Å². The summed E-state index contributed by atoms with van der Waals surface area (Å²) in [4.78, 5) is 22.2. The van der Waals surface area contributed by atoms with Crippen molar-refractivity contribution in [3.05, 3.63) is 18.0 Å². The maximum atomic E-state index is 11.3. The van der Waals surface area contributed by atoms with Crippen molar-refractivity contribution in [2.45, 2.75) is 25.9 Å². The summed E-state index contributed by atoms with van der Waals surface area (Å²) in [5.74, 6) is -0.330. The topological polar surface area (TPSA) is 76.0 Å². The fraction of sp³-hybridized carbons (Fsp3) is 0.444. The van der Waals surface area contributed by atoms with Gasteiger partial charge in [0.1, 0.15) is 6.04 Å². The number of aromatic nitrogens is 2. The van der Waals surface area contributed by atoms with Crippen LogP contribution in [0.2, 0.25) is 0 Å². The molecule has 2 N–H and O–H groups in total. The van der Waals surface area contributed by atoms with Crippen LogP contribution >= 0.6 is 0 Å². The average molecular weight is 208 g/mol. The second kappa shape index (κ2) is 3.38. The third-order valence-electron chi connectivity index (χ3n) is 2.26. The lowest BCUT2D eigenvalue weighted by molar-refractivity contribution is -0.120. The van der Waals surface area contributed by atoms with E-state index in [-0.39, 0.29) is 11.9 Å². The van der Waals surface area contributed by atoms with E-state index in [1.165, 1.54) is 0 Å². The molecule has 1 aromatic heterocycles. The molecule has 2 heterocycles. The number of nitrogens with zero attached hydrogens (tertiary/aromatic N) is 2. The van der Waals surface area contributed by atoms with Gasteiger partial charge >= 0.3 is 6.03 Å². The Hall–Kier alpha value is -1.85. The standard InChI is InChI=1S/C9H12N4O2/c1-5(2)13-4-6(3-10-13)7-8(14)12-9(15)11-7/h3-5,7H,1-2H3,(H2,11,12,14,15)/t7-/m0/s1. The summed E-state index contributed by atoms with van der Waals surface area (Å²) in [6.45, 7) is 3.98. The Kier molecular flexibility index (Phi) is 2.18. The highest BCUT2D eigenvalue weighted by molar-refractivity contribution is 6.04. The van der Waals surface area contributed by atoms with E-state index in [0.717, 1.165) is 0 Å². The average Bonchev–Trinajstić information content (AvgIpc) is 2.71. The van der Waals surface area contributed by atoms with Crippen molar-refractivity contribution in [3.63, 3.8) is 0 Å². The van der Waals surface area contributed by atoms with Crippen LogP contribution in [0, 0.1) is 0 Å². The van der Waals surface area contributed by atoms with E-state index >= 15 is 0 Å². The third kappa shape index (κ3) is 1.70. The normalized spacial score (nSPS) is 20.6. The van der Waals surface area contributed by atoms with E-state index in [0.29, 0.717) is 5.56 Å². The Labute approximate surface area is 86.6 Å². The van der Waals surface area contributed by atoms with Gasteiger partial charge in [0.15, 0.2) is 0 Å². The predicted molar refractivity (Wildman–Crippen MR) is 52.0 cm³/mol. The first-order valence-electron chi connectivity index (χ1n) is 4.73. The number of hydrogen-bond acceptors (Lipinski definition) is 3. The van der Waals surface area contributed by atoms with Crippen LogP contribution in [0.1, 0.15) is 31.5 Å². The molecule has 0 aliphatic carbocycles. The van der Waals surface area contributed by atoms with Gasteiger partial charge in [-0.1, -0.05) is 0 Å². The molecule has 1 saturated heterocycles. The molecule has 3 amide bonds. The van der Waals surface area contributed by atoms with Crippen LogP contribution in [-0.2, 0) is 4.79 Å². The van der Waals surface area contributed by atoms with Gasteiger partial charge in [0.25, 0.3) is 5.91 Å². The van der Waals surface area contributed by atoms with Gasteiger partial charge in [-0.25, -0.2) is 4.79 Å². The Balaban J connectivity index is 2.23. The summed E-state index contributed by atoms with van der Waals surface area (Å²) < 4.78 is 1.74. The molecule has 1 aliphatic rings. The number of rotatable bonds is 2. The first-order chi connectivity index (χ1) is 7.08. The smallest absolute Gasteiger partial charge is 0.322 e. The summed E-state index contributed by atoms with van der Waals surface area (Å²) in [7, 11) is 0. The molecule has 1 fully saturated rings. The van der Waals surface area contributed by atoms with Crippen molar-refractivity contribution < 1.29 is 9.59 Å². The molecule has 0 unspecified atom stereocenters. The van der Waals surface area contributed by atoms with Crippen LogP contribution in [0.3, 0.4) is 0 Å². The number of urea groups is 1. The van der Waals surface area contributed by atoms with Crippen LogP contribution in [0.4, 0.5) is 4.79 Å². The Morgan fingerprint density at radius 3 is 2.67 bits per heavy atom. The van der Waals surface area contributed by atoms with Gasteiger partial charge in [-0.15, -0.1) is 0 Å². The number of imide groups is 1. The molecule has 0 bridgehead atoms. The van der Waals surface area contributed by atoms with E-state index in [9.17, 15) is 9.59 Å². The molecular formula is C9H12N4O2. The lowest BCUT2D eigenvalue weighted by atomic mass is 10.2. The van der Waals surface area contributed by atoms with Crippen molar-refractivity contribution in [1.29, 1.82) is 0 Å². The zero-order chi connectivity index (χ0) is 11.0. The first-order valence-corrected chi connectivity index (χ1v) is 4.73. The monoisotopic (exact) mass is 208 g/mol. The molecule has 1 atom stereocenters. The van der Waals surface area contributed by atoms with Crippen molar-refractivity contribution in [2.75, 3.05) is 0 Å². The van der Waals surface area contributed by atoms with Gasteiger partial charge in [0.2, 0.25) is 0 Å². The van der Waals surface area contributed by atoms with Gasteiger partial charge < -0.3 is 5.32 Å². The molecule has 6 heteroatoms. The van der Waals surface area contributed by atoms with Crippen molar-refractivity contribution in [1.82, 2.24) is 20.4 Å². The second-order valence-electron chi connectivity index (χ2n) is 3.74. The Bertz CT molecular complexity index is 410. The molecule has 0 spiro atoms. The molecule has 2 rings (SSSR count). The summed E-state index contributed by atoms with van der Waals surface area (Å²) in [6, 6.07) is -0.828. The van der Waals surface area contributed by atoms with Crippen LogP contribution in [-0.4, -0.2) is 21.7 Å². The molecule has 1 aromatic rings. The lowest BCUT2D eigenvalue weighted by Gasteiger charge is -2.05. The van der Waals surface area contributed by atoms with Crippen LogP contribution < -0.4 is 10.6 Å². The maximum absolute atomic E-state index is 11.3. The number of carbonyl (C=O) groups is 2. The van der Waals surface area contributed by atoms with Gasteiger partial charge in [-0.05, 0) is 13.8 Å². The minimum Gasteiger partial charge on any atom is -0.322 e. The lowest BCUT2D eigenvalue weighted by Crippen LogP contribution is -2.22. The van der Waals surface area contributed by atoms with Crippen molar-refractivity contribution >= 4 is 11.9 Å². The highest BCUT2D eigenvalue weighted by atomic mass is 16.2. The fourth-order valence-corrected chi connectivity index (χ4v) is 1.44. The fourth-order valence-electron chi connectivity index (χ4n) is 1.44.